The van der Waals surface area contributed by atoms with Crippen molar-refractivity contribution < 1.29 is 4.79 Å². The van der Waals surface area contributed by atoms with Crippen molar-refractivity contribution in [1.82, 2.24) is 4.98 Å². The van der Waals surface area contributed by atoms with Crippen LogP contribution < -0.4 is 10.6 Å². The molecule has 0 saturated heterocycles. The van der Waals surface area contributed by atoms with E-state index in [4.69, 9.17) is 0 Å². The Bertz CT molecular complexity index is 1050. The number of carbonyl (C=O) groups is 1. The molecule has 0 aliphatic carbocycles. The Kier molecular flexibility index (Phi) is 4.79. The third-order valence-corrected chi connectivity index (χ3v) is 4.29. The second-order valence-electron chi connectivity index (χ2n) is 6.29. The molecule has 0 fully saturated rings. The van der Waals surface area contributed by atoms with Crippen LogP contribution in [0.1, 0.15) is 5.56 Å². The number of anilines is 3. The van der Waals surface area contributed by atoms with Gasteiger partial charge in [0.25, 0.3) is 0 Å². The van der Waals surface area contributed by atoms with Crippen LogP contribution in [0.4, 0.5) is 17.1 Å². The number of hydrogen-bond donors (Lipinski definition) is 2. The maximum atomic E-state index is 12.2. The maximum Gasteiger partial charge on any atom is 0.228 e. The van der Waals surface area contributed by atoms with Gasteiger partial charge >= 0.3 is 0 Å². The lowest BCUT2D eigenvalue weighted by atomic mass is 10.1. The van der Waals surface area contributed by atoms with Crippen LogP contribution in [0, 0.1) is 0 Å². The lowest BCUT2D eigenvalue weighted by Crippen LogP contribution is -2.14. The van der Waals surface area contributed by atoms with Gasteiger partial charge < -0.3 is 10.6 Å². The summed E-state index contributed by atoms with van der Waals surface area (Å²) in [5, 5.41) is 7.41. The van der Waals surface area contributed by atoms with Gasteiger partial charge in [-0.25, -0.2) is 0 Å². The molecular weight excluding hydrogens is 334 g/mol. The molecule has 27 heavy (non-hydrogen) atoms. The second kappa shape index (κ2) is 7.70. The first kappa shape index (κ1) is 16.8. The third-order valence-electron chi connectivity index (χ3n) is 4.29. The molecule has 0 aliphatic rings. The summed E-state index contributed by atoms with van der Waals surface area (Å²) in [7, 11) is 0. The first-order valence-electron chi connectivity index (χ1n) is 8.82. The van der Waals surface area contributed by atoms with Crippen molar-refractivity contribution in [2.45, 2.75) is 6.42 Å². The average Bonchev–Trinajstić information content (AvgIpc) is 2.70. The van der Waals surface area contributed by atoms with Gasteiger partial charge in [-0.2, -0.15) is 0 Å². The highest BCUT2D eigenvalue weighted by Crippen LogP contribution is 2.25. The predicted molar refractivity (Wildman–Crippen MR) is 110 cm³/mol. The molecule has 132 valence electrons. The zero-order valence-electron chi connectivity index (χ0n) is 14.7. The van der Waals surface area contributed by atoms with Gasteiger partial charge in [0.2, 0.25) is 5.91 Å². The Balaban J connectivity index is 1.43. The molecule has 1 aromatic heterocycles. The molecule has 0 atom stereocenters. The van der Waals surface area contributed by atoms with Crippen LogP contribution in [0.3, 0.4) is 0 Å². The van der Waals surface area contributed by atoms with E-state index in [0.29, 0.717) is 6.42 Å². The first-order valence-corrected chi connectivity index (χ1v) is 8.82. The minimum Gasteiger partial charge on any atom is -0.354 e. The molecule has 0 bridgehead atoms. The minimum absolute atomic E-state index is 0.0276. The van der Waals surface area contributed by atoms with Crippen LogP contribution in [0.25, 0.3) is 10.9 Å². The van der Waals surface area contributed by atoms with Crippen molar-refractivity contribution >= 4 is 33.9 Å². The largest absolute Gasteiger partial charge is 0.354 e. The zero-order valence-corrected chi connectivity index (χ0v) is 14.7. The van der Waals surface area contributed by atoms with Crippen molar-refractivity contribution in [3.8, 4) is 0 Å². The smallest absolute Gasteiger partial charge is 0.228 e. The fourth-order valence-corrected chi connectivity index (χ4v) is 2.98. The molecule has 4 heteroatoms. The molecule has 2 N–H and O–H groups in total. The summed E-state index contributed by atoms with van der Waals surface area (Å²) in [6.07, 6.45) is 2.15. The number of benzene rings is 3. The van der Waals surface area contributed by atoms with Crippen LogP contribution in [0.2, 0.25) is 0 Å². The third kappa shape index (κ3) is 4.12. The highest BCUT2D eigenvalue weighted by molar-refractivity contribution is 5.93. The van der Waals surface area contributed by atoms with E-state index in [9.17, 15) is 4.79 Å². The monoisotopic (exact) mass is 353 g/mol. The number of rotatable bonds is 5. The van der Waals surface area contributed by atoms with E-state index in [1.807, 2.05) is 84.9 Å². The highest BCUT2D eigenvalue weighted by Gasteiger charge is 2.05. The van der Waals surface area contributed by atoms with E-state index >= 15 is 0 Å². The van der Waals surface area contributed by atoms with Crippen molar-refractivity contribution in [2.75, 3.05) is 10.6 Å². The number of aromatic nitrogens is 1. The lowest BCUT2D eigenvalue weighted by molar-refractivity contribution is -0.115. The highest BCUT2D eigenvalue weighted by atomic mass is 16.1. The van der Waals surface area contributed by atoms with Crippen LogP contribution in [0.5, 0.6) is 0 Å². The standard InChI is InChI=1S/C23H19N3O/c27-22(16-17-6-2-1-3-7-17)26-20-13-11-19(12-14-20)25-21-10-4-8-18-9-5-15-24-23(18)21/h1-15,25H,16H2,(H,26,27). The summed E-state index contributed by atoms with van der Waals surface area (Å²) in [5.74, 6) is -0.0276. The van der Waals surface area contributed by atoms with E-state index in [1.54, 1.807) is 6.20 Å². The number of carbonyl (C=O) groups excluding carboxylic acids is 1. The number of nitrogens with zero attached hydrogens (tertiary/aromatic N) is 1. The van der Waals surface area contributed by atoms with Crippen LogP contribution in [-0.2, 0) is 11.2 Å². The molecule has 0 unspecified atom stereocenters. The van der Waals surface area contributed by atoms with Crippen molar-refractivity contribution in [3.63, 3.8) is 0 Å². The Labute approximate surface area is 157 Å². The number of hydrogen-bond acceptors (Lipinski definition) is 3. The van der Waals surface area contributed by atoms with E-state index in [0.717, 1.165) is 33.5 Å². The number of para-hydroxylation sites is 1. The molecular formula is C23H19N3O. The summed E-state index contributed by atoms with van der Waals surface area (Å²) in [4.78, 5) is 16.6. The van der Waals surface area contributed by atoms with Crippen LogP contribution >= 0.6 is 0 Å². The first-order chi connectivity index (χ1) is 13.3. The Hall–Kier alpha value is -3.66. The van der Waals surface area contributed by atoms with E-state index in [1.165, 1.54) is 0 Å². The number of amides is 1. The predicted octanol–water partition coefficient (Wildman–Crippen LogP) is 5.16. The van der Waals surface area contributed by atoms with Gasteiger partial charge in [-0.3, -0.25) is 9.78 Å². The number of pyridine rings is 1. The summed E-state index contributed by atoms with van der Waals surface area (Å²) in [5.41, 5.74) is 4.60. The van der Waals surface area contributed by atoms with Gasteiger partial charge in [0.15, 0.2) is 0 Å². The second-order valence-corrected chi connectivity index (χ2v) is 6.29. The van der Waals surface area contributed by atoms with Crippen LogP contribution in [-0.4, -0.2) is 10.9 Å². The van der Waals surface area contributed by atoms with Gasteiger partial charge in [0.05, 0.1) is 17.6 Å². The molecule has 0 spiro atoms. The topological polar surface area (TPSA) is 54.0 Å². The Morgan fingerprint density at radius 3 is 2.33 bits per heavy atom. The molecule has 4 rings (SSSR count). The van der Waals surface area contributed by atoms with Crippen molar-refractivity contribution in [2.24, 2.45) is 0 Å². The molecule has 4 aromatic rings. The fraction of sp³-hybridized carbons (Fsp3) is 0.0435. The number of nitrogens with one attached hydrogen (secondary N) is 2. The SMILES string of the molecule is O=C(Cc1ccccc1)Nc1ccc(Nc2cccc3cccnc23)cc1. The molecule has 4 nitrogen and oxygen atoms in total. The lowest BCUT2D eigenvalue weighted by Gasteiger charge is -2.10. The number of fused-ring (bicyclic) bond motifs is 1. The Morgan fingerprint density at radius 1 is 0.778 bits per heavy atom. The van der Waals surface area contributed by atoms with E-state index < -0.39 is 0 Å². The summed E-state index contributed by atoms with van der Waals surface area (Å²) in [6, 6.07) is 27.4. The van der Waals surface area contributed by atoms with Gasteiger partial charge in [-0.05, 0) is 42.0 Å². The molecule has 1 amide bonds. The van der Waals surface area contributed by atoms with Crippen LogP contribution in [0.15, 0.2) is 91.1 Å². The van der Waals surface area contributed by atoms with Gasteiger partial charge in [0, 0.05) is 23.0 Å². The summed E-state index contributed by atoms with van der Waals surface area (Å²) >= 11 is 0. The van der Waals surface area contributed by atoms with Crippen molar-refractivity contribution in [1.29, 1.82) is 0 Å². The van der Waals surface area contributed by atoms with Gasteiger partial charge in [-0.1, -0.05) is 48.5 Å². The minimum atomic E-state index is -0.0276. The Morgan fingerprint density at radius 2 is 1.52 bits per heavy atom. The molecule has 3 aromatic carbocycles. The molecule has 1 heterocycles. The quantitative estimate of drug-likeness (QED) is 0.521. The fourth-order valence-electron chi connectivity index (χ4n) is 2.98. The zero-order chi connectivity index (χ0) is 18.5. The molecule has 0 aliphatic heterocycles. The average molecular weight is 353 g/mol. The normalized spacial score (nSPS) is 10.5. The summed E-state index contributed by atoms with van der Waals surface area (Å²) in [6.45, 7) is 0. The van der Waals surface area contributed by atoms with Gasteiger partial charge in [0.1, 0.15) is 0 Å². The summed E-state index contributed by atoms with van der Waals surface area (Å²) < 4.78 is 0. The van der Waals surface area contributed by atoms with Crippen molar-refractivity contribution in [3.05, 3.63) is 96.7 Å². The molecule has 0 radical (unpaired) electrons. The maximum absolute atomic E-state index is 12.2. The van der Waals surface area contributed by atoms with E-state index in [2.05, 4.69) is 15.6 Å². The van der Waals surface area contributed by atoms with E-state index in [-0.39, 0.29) is 5.91 Å². The van der Waals surface area contributed by atoms with Gasteiger partial charge in [-0.15, -0.1) is 0 Å². The molecule has 0 saturated carbocycles.